The molecular weight excluding hydrogens is 256 g/mol. The van der Waals surface area contributed by atoms with Gasteiger partial charge < -0.3 is 5.43 Å². The van der Waals surface area contributed by atoms with Crippen LogP contribution < -0.4 is 11.3 Å². The lowest BCUT2D eigenvalue weighted by molar-refractivity contribution is -0.148. The summed E-state index contributed by atoms with van der Waals surface area (Å²) in [5, 5.41) is 0.403. The van der Waals surface area contributed by atoms with E-state index in [1.807, 2.05) is 0 Å². The molecule has 2 amide bonds. The summed E-state index contributed by atoms with van der Waals surface area (Å²) < 4.78 is 0. The number of likely N-dealkylation sites (tertiary alicyclic amines) is 1. The fourth-order valence-electron chi connectivity index (χ4n) is 1.80. The summed E-state index contributed by atoms with van der Waals surface area (Å²) >= 11 is 5.99. The minimum Gasteiger partial charge on any atom is -0.308 e. The third kappa shape index (κ3) is 2.60. The minimum atomic E-state index is -0.185. The Bertz CT molecular complexity index is 476. The highest BCUT2D eigenvalue weighted by atomic mass is 35.5. The van der Waals surface area contributed by atoms with E-state index in [0.717, 1.165) is 0 Å². The van der Waals surface area contributed by atoms with Gasteiger partial charge in [-0.25, -0.2) is 10.8 Å². The summed E-state index contributed by atoms with van der Waals surface area (Å²) in [6.07, 6.45) is 1.39. The monoisotopic (exact) mass is 268 g/mol. The van der Waals surface area contributed by atoms with Crippen molar-refractivity contribution in [3.05, 3.63) is 22.8 Å². The Morgan fingerprint density at radius 2 is 2.00 bits per heavy atom. The summed E-state index contributed by atoms with van der Waals surface area (Å²) in [7, 11) is 0. The maximum absolute atomic E-state index is 11.7. The predicted octanol–water partition coefficient (Wildman–Crippen LogP) is 1.06. The highest BCUT2D eigenvalue weighted by molar-refractivity contribution is 6.31. The molecule has 0 atom stereocenters. The van der Waals surface area contributed by atoms with Gasteiger partial charge in [-0.3, -0.25) is 14.5 Å². The van der Waals surface area contributed by atoms with Gasteiger partial charge in [0, 0.05) is 12.8 Å². The molecule has 1 aromatic rings. The van der Waals surface area contributed by atoms with Crippen molar-refractivity contribution in [3.63, 3.8) is 0 Å². The zero-order chi connectivity index (χ0) is 13.1. The fraction of sp³-hybridized carbons (Fsp3) is 0.364. The van der Waals surface area contributed by atoms with Crippen LogP contribution >= 0.6 is 11.6 Å². The first kappa shape index (κ1) is 12.8. The number of hydrogen-bond acceptors (Lipinski definition) is 5. The van der Waals surface area contributed by atoms with Gasteiger partial charge in [-0.2, -0.15) is 0 Å². The number of nitrogens with two attached hydrogens (primary N) is 1. The van der Waals surface area contributed by atoms with E-state index in [1.54, 1.807) is 12.1 Å². The number of imide groups is 1. The third-order valence-corrected chi connectivity index (χ3v) is 3.10. The number of hydrogen-bond donors (Lipinski definition) is 2. The molecular formula is C11H13ClN4O2. The largest absolute Gasteiger partial charge is 0.308 e. The van der Waals surface area contributed by atoms with Gasteiger partial charge in [0.05, 0.1) is 17.3 Å². The molecule has 0 saturated carbocycles. The Labute approximate surface area is 109 Å². The summed E-state index contributed by atoms with van der Waals surface area (Å²) in [6.45, 7) is 0.0893. The van der Waals surface area contributed by atoms with Crippen molar-refractivity contribution in [2.45, 2.75) is 25.8 Å². The Morgan fingerprint density at radius 3 is 2.61 bits per heavy atom. The number of amides is 2. The van der Waals surface area contributed by atoms with Crippen LogP contribution in [0.2, 0.25) is 5.02 Å². The molecule has 0 spiro atoms. The number of nitrogens with zero attached hydrogens (tertiary/aromatic N) is 2. The number of halogens is 1. The first-order valence-electron chi connectivity index (χ1n) is 5.57. The Kier molecular flexibility index (Phi) is 3.78. The maximum atomic E-state index is 11.7. The number of hydrazine groups is 1. The average Bonchev–Trinajstić information content (AvgIpc) is 2.36. The number of carbonyl (C=O) groups is 2. The number of rotatable bonds is 3. The van der Waals surface area contributed by atoms with Crippen LogP contribution in [0.1, 0.15) is 25.0 Å². The smallest absolute Gasteiger partial charge is 0.229 e. The summed E-state index contributed by atoms with van der Waals surface area (Å²) in [5.41, 5.74) is 2.85. The van der Waals surface area contributed by atoms with Gasteiger partial charge >= 0.3 is 0 Å². The highest BCUT2D eigenvalue weighted by Crippen LogP contribution is 2.21. The Balaban J connectivity index is 2.22. The standard InChI is InChI=1S/C11H13ClN4O2/c12-7-4-5-9(15-13)14-8(7)6-16-10(17)2-1-3-11(16)18/h4-5H,1-3,6,13H2,(H,14,15). The predicted molar refractivity (Wildman–Crippen MR) is 66.5 cm³/mol. The van der Waals surface area contributed by atoms with E-state index in [0.29, 0.717) is 35.8 Å². The zero-order valence-electron chi connectivity index (χ0n) is 9.65. The van der Waals surface area contributed by atoms with Crippen molar-refractivity contribution in [2.24, 2.45) is 5.84 Å². The lowest BCUT2D eigenvalue weighted by Crippen LogP contribution is -2.39. The fourth-order valence-corrected chi connectivity index (χ4v) is 1.97. The number of pyridine rings is 1. The third-order valence-electron chi connectivity index (χ3n) is 2.76. The lowest BCUT2D eigenvalue weighted by atomic mass is 10.1. The second-order valence-electron chi connectivity index (χ2n) is 4.00. The first-order valence-corrected chi connectivity index (χ1v) is 5.95. The van der Waals surface area contributed by atoms with Gasteiger partial charge in [-0.05, 0) is 18.6 Å². The molecule has 0 bridgehead atoms. The molecule has 0 radical (unpaired) electrons. The molecule has 96 valence electrons. The number of nitrogen functional groups attached to an aromatic ring is 1. The van der Waals surface area contributed by atoms with E-state index in [1.165, 1.54) is 4.90 Å². The first-order chi connectivity index (χ1) is 8.61. The van der Waals surface area contributed by atoms with Crippen LogP contribution in [0.4, 0.5) is 5.82 Å². The van der Waals surface area contributed by atoms with Crippen molar-refractivity contribution in [3.8, 4) is 0 Å². The average molecular weight is 269 g/mol. The number of anilines is 1. The molecule has 2 rings (SSSR count). The van der Waals surface area contributed by atoms with E-state index >= 15 is 0 Å². The van der Waals surface area contributed by atoms with Crippen LogP contribution in [0.25, 0.3) is 0 Å². The van der Waals surface area contributed by atoms with E-state index in [2.05, 4.69) is 10.4 Å². The lowest BCUT2D eigenvalue weighted by Gasteiger charge is -2.24. The van der Waals surface area contributed by atoms with Crippen LogP contribution in [0.15, 0.2) is 12.1 Å². The normalized spacial score (nSPS) is 16.0. The van der Waals surface area contributed by atoms with E-state index in [4.69, 9.17) is 17.4 Å². The van der Waals surface area contributed by atoms with Crippen molar-refractivity contribution < 1.29 is 9.59 Å². The number of carbonyl (C=O) groups excluding carboxylic acids is 2. The summed E-state index contributed by atoms with van der Waals surface area (Å²) in [6, 6.07) is 3.24. The second-order valence-corrected chi connectivity index (χ2v) is 4.40. The molecule has 1 aliphatic heterocycles. The molecule has 1 saturated heterocycles. The molecule has 6 nitrogen and oxygen atoms in total. The summed E-state index contributed by atoms with van der Waals surface area (Å²) in [5.74, 6) is 5.32. The molecule has 7 heteroatoms. The van der Waals surface area contributed by atoms with Gasteiger partial charge in [0.2, 0.25) is 11.8 Å². The number of piperidine rings is 1. The van der Waals surface area contributed by atoms with Crippen LogP contribution in [0, 0.1) is 0 Å². The van der Waals surface area contributed by atoms with E-state index in [-0.39, 0.29) is 18.4 Å². The topological polar surface area (TPSA) is 88.3 Å². The van der Waals surface area contributed by atoms with E-state index in [9.17, 15) is 9.59 Å². The van der Waals surface area contributed by atoms with Crippen LogP contribution in [-0.2, 0) is 16.1 Å². The zero-order valence-corrected chi connectivity index (χ0v) is 10.4. The van der Waals surface area contributed by atoms with Crippen molar-refractivity contribution in [2.75, 3.05) is 5.43 Å². The summed E-state index contributed by atoms with van der Waals surface area (Å²) in [4.78, 5) is 28.7. The minimum absolute atomic E-state index is 0.0893. The highest BCUT2D eigenvalue weighted by Gasteiger charge is 2.26. The molecule has 18 heavy (non-hydrogen) atoms. The molecule has 1 fully saturated rings. The van der Waals surface area contributed by atoms with Crippen LogP contribution in [0.5, 0.6) is 0 Å². The Hall–Kier alpha value is -1.66. The Morgan fingerprint density at radius 1 is 1.33 bits per heavy atom. The van der Waals surface area contributed by atoms with Crippen molar-refractivity contribution in [1.29, 1.82) is 0 Å². The van der Waals surface area contributed by atoms with Gasteiger partial charge in [0.15, 0.2) is 0 Å². The molecule has 2 heterocycles. The second kappa shape index (κ2) is 5.32. The van der Waals surface area contributed by atoms with Gasteiger partial charge in [0.1, 0.15) is 5.82 Å². The van der Waals surface area contributed by atoms with Crippen LogP contribution in [-0.4, -0.2) is 21.7 Å². The SMILES string of the molecule is NNc1ccc(Cl)c(CN2C(=O)CCCC2=O)n1. The molecule has 1 aliphatic rings. The molecule has 3 N–H and O–H groups in total. The molecule has 0 aromatic carbocycles. The molecule has 0 unspecified atom stereocenters. The quantitative estimate of drug-likeness (QED) is 0.486. The van der Waals surface area contributed by atoms with E-state index < -0.39 is 0 Å². The number of nitrogens with one attached hydrogen (secondary N) is 1. The van der Waals surface area contributed by atoms with Crippen molar-refractivity contribution in [1.82, 2.24) is 9.88 Å². The van der Waals surface area contributed by atoms with Gasteiger partial charge in [-0.1, -0.05) is 11.6 Å². The van der Waals surface area contributed by atoms with Crippen molar-refractivity contribution >= 4 is 29.2 Å². The van der Waals surface area contributed by atoms with Gasteiger partial charge in [-0.15, -0.1) is 0 Å². The maximum Gasteiger partial charge on any atom is 0.229 e. The molecule has 1 aromatic heterocycles. The van der Waals surface area contributed by atoms with Gasteiger partial charge in [0.25, 0.3) is 0 Å². The number of aromatic nitrogens is 1. The molecule has 0 aliphatic carbocycles. The van der Waals surface area contributed by atoms with Crippen LogP contribution in [0.3, 0.4) is 0 Å².